The number of Topliss-reactive ketones (excluding diaryl/α,β-unsaturated/α-hetero) is 1. The van der Waals surface area contributed by atoms with E-state index in [-0.39, 0.29) is 27.8 Å². The molecule has 1 aliphatic rings. The molecule has 9 heteroatoms. The highest BCUT2D eigenvalue weighted by Crippen LogP contribution is 2.40. The molecule has 21 heavy (non-hydrogen) atoms. The fourth-order valence-electron chi connectivity index (χ4n) is 1.71. The minimum atomic E-state index is -3.72. The molecule has 0 amide bonds. The van der Waals surface area contributed by atoms with Gasteiger partial charge in [-0.1, -0.05) is 0 Å². The summed E-state index contributed by atoms with van der Waals surface area (Å²) < 4.78 is 30.1. The van der Waals surface area contributed by atoms with Gasteiger partial charge in [-0.2, -0.15) is 0 Å². The van der Waals surface area contributed by atoms with Crippen LogP contribution in [0.2, 0.25) is 0 Å². The first-order chi connectivity index (χ1) is 9.78. The topological polar surface area (TPSA) is 95.9 Å². The highest BCUT2D eigenvalue weighted by Gasteiger charge is 2.32. The average Bonchev–Trinajstić information content (AvgIpc) is 2.77. The third-order valence-corrected chi connectivity index (χ3v) is 6.21. The van der Waals surface area contributed by atoms with Crippen LogP contribution in [0, 0.1) is 0 Å². The predicted molar refractivity (Wildman–Crippen MR) is 78.8 cm³/mol. The molecule has 0 atom stereocenters. The largest absolute Gasteiger partial charge is 0.504 e. The van der Waals surface area contributed by atoms with Gasteiger partial charge in [0, 0.05) is 19.5 Å². The summed E-state index contributed by atoms with van der Waals surface area (Å²) in [5.74, 6) is -0.0112. The van der Waals surface area contributed by atoms with Gasteiger partial charge in [-0.25, -0.2) is 12.7 Å². The van der Waals surface area contributed by atoms with Gasteiger partial charge in [0.25, 0.3) is 10.0 Å². The van der Waals surface area contributed by atoms with Crippen LogP contribution in [0.1, 0.15) is 13.3 Å². The maximum Gasteiger partial charge on any atom is 0.255 e. The molecule has 1 aliphatic carbocycles. The number of hydrogen-bond donors (Lipinski definition) is 2. The Morgan fingerprint density at radius 2 is 2.14 bits per heavy atom. The van der Waals surface area contributed by atoms with Gasteiger partial charge in [0.05, 0.1) is 18.7 Å². The number of sulfonamides is 1. The van der Waals surface area contributed by atoms with Crippen molar-refractivity contribution in [3.8, 4) is 5.75 Å². The molecule has 116 valence electrons. The number of hydrogen-bond acceptors (Lipinski definition) is 7. The van der Waals surface area contributed by atoms with Crippen LogP contribution in [0.3, 0.4) is 0 Å². The van der Waals surface area contributed by atoms with Crippen molar-refractivity contribution in [2.45, 2.75) is 17.6 Å². The summed E-state index contributed by atoms with van der Waals surface area (Å²) in [5.41, 5.74) is 0.444. The number of ketones is 1. The normalized spacial score (nSPS) is 15.3. The number of rotatable bonds is 6. The first-order valence-corrected chi connectivity index (χ1v) is 8.50. The Kier molecular flexibility index (Phi) is 4.26. The van der Waals surface area contributed by atoms with Gasteiger partial charge >= 0.3 is 0 Å². The quantitative estimate of drug-likeness (QED) is 0.816. The Morgan fingerprint density at radius 3 is 2.67 bits per heavy atom. The zero-order chi connectivity index (χ0) is 15.8. The van der Waals surface area contributed by atoms with Gasteiger partial charge in [-0.15, -0.1) is 11.3 Å². The molecular formula is C12H16N2O5S2. The van der Waals surface area contributed by atoms with Gasteiger partial charge in [0.1, 0.15) is 11.5 Å². The second-order valence-electron chi connectivity index (χ2n) is 4.53. The summed E-state index contributed by atoms with van der Waals surface area (Å²) in [4.78, 5) is 11.5. The van der Waals surface area contributed by atoms with E-state index in [1.54, 1.807) is 6.92 Å². The number of allylic oxidation sites excluding steroid dienone is 2. The van der Waals surface area contributed by atoms with Crippen LogP contribution in [-0.2, 0) is 19.6 Å². The van der Waals surface area contributed by atoms with Crippen molar-refractivity contribution in [2.24, 2.45) is 0 Å². The number of anilines is 1. The lowest BCUT2D eigenvalue weighted by Crippen LogP contribution is -2.25. The average molecular weight is 332 g/mol. The van der Waals surface area contributed by atoms with Crippen LogP contribution in [0.15, 0.2) is 21.0 Å². The van der Waals surface area contributed by atoms with Crippen molar-refractivity contribution in [2.75, 3.05) is 26.0 Å². The lowest BCUT2D eigenvalue weighted by molar-refractivity contribution is -0.118. The van der Waals surface area contributed by atoms with Crippen LogP contribution in [0.5, 0.6) is 5.75 Å². The zero-order valence-corrected chi connectivity index (χ0v) is 13.5. The van der Waals surface area contributed by atoms with E-state index in [4.69, 9.17) is 4.74 Å². The van der Waals surface area contributed by atoms with Crippen molar-refractivity contribution in [3.63, 3.8) is 0 Å². The molecule has 0 saturated heterocycles. The highest BCUT2D eigenvalue weighted by molar-refractivity contribution is 7.91. The lowest BCUT2D eigenvalue weighted by Gasteiger charge is -2.22. The molecule has 0 bridgehead atoms. The van der Waals surface area contributed by atoms with Crippen LogP contribution in [-0.4, -0.2) is 44.3 Å². The van der Waals surface area contributed by atoms with Gasteiger partial charge in [-0.3, -0.25) is 4.79 Å². The van der Waals surface area contributed by atoms with E-state index in [2.05, 4.69) is 5.32 Å². The van der Waals surface area contributed by atoms with E-state index in [0.29, 0.717) is 12.4 Å². The Morgan fingerprint density at radius 1 is 1.48 bits per heavy atom. The molecule has 0 fully saturated rings. The van der Waals surface area contributed by atoms with E-state index in [1.165, 1.54) is 19.5 Å². The first kappa shape index (κ1) is 15.8. The molecule has 1 aromatic rings. The summed E-state index contributed by atoms with van der Waals surface area (Å²) in [6, 6.07) is 0. The van der Waals surface area contributed by atoms with E-state index >= 15 is 0 Å². The lowest BCUT2D eigenvalue weighted by atomic mass is 10.0. The van der Waals surface area contributed by atoms with Crippen molar-refractivity contribution < 1.29 is 23.1 Å². The summed E-state index contributed by atoms with van der Waals surface area (Å²) in [7, 11) is -0.955. The molecule has 1 aromatic heterocycles. The number of carbonyl (C=O) groups is 1. The SMILES string of the molecule is CCOC1=C(Nc2csc(S(=O)(=O)N(C)C)c2O)C(=O)C1. The Balaban J connectivity index is 2.31. The summed E-state index contributed by atoms with van der Waals surface area (Å²) in [6.45, 7) is 2.24. The molecule has 0 unspecified atom stereocenters. The number of nitrogens with one attached hydrogen (secondary N) is 1. The monoisotopic (exact) mass is 332 g/mol. The molecule has 0 radical (unpaired) electrons. The number of carbonyl (C=O) groups excluding carboxylic acids is 1. The van der Waals surface area contributed by atoms with Crippen LogP contribution in [0.25, 0.3) is 0 Å². The molecule has 0 aromatic carbocycles. The summed E-state index contributed by atoms with van der Waals surface area (Å²) in [5, 5.41) is 14.2. The molecule has 7 nitrogen and oxygen atoms in total. The van der Waals surface area contributed by atoms with Crippen molar-refractivity contribution >= 4 is 32.8 Å². The number of ether oxygens (including phenoxy) is 1. The van der Waals surface area contributed by atoms with Crippen molar-refractivity contribution in [1.82, 2.24) is 4.31 Å². The summed E-state index contributed by atoms with van der Waals surface area (Å²) in [6.07, 6.45) is 0.212. The van der Waals surface area contributed by atoms with E-state index < -0.39 is 15.8 Å². The molecule has 2 rings (SSSR count). The molecular weight excluding hydrogens is 316 g/mol. The molecule has 1 heterocycles. The van der Waals surface area contributed by atoms with Gasteiger partial charge in [0.2, 0.25) is 0 Å². The Labute approximate surface area is 126 Å². The Bertz CT molecular complexity index is 703. The third kappa shape index (κ3) is 2.76. The third-order valence-electron chi connectivity index (χ3n) is 2.90. The second-order valence-corrected chi connectivity index (χ2v) is 7.76. The van der Waals surface area contributed by atoms with Crippen LogP contribution >= 0.6 is 11.3 Å². The number of thiophene rings is 1. The molecule has 2 N–H and O–H groups in total. The van der Waals surface area contributed by atoms with Gasteiger partial charge in [-0.05, 0) is 6.92 Å². The summed E-state index contributed by atoms with van der Waals surface area (Å²) >= 11 is 0.887. The number of aromatic hydroxyl groups is 1. The number of nitrogens with zero attached hydrogens (tertiary/aromatic N) is 1. The molecule has 0 aliphatic heterocycles. The minimum absolute atomic E-state index is 0.138. The zero-order valence-electron chi connectivity index (χ0n) is 11.8. The molecule has 0 saturated carbocycles. The van der Waals surface area contributed by atoms with E-state index in [1.807, 2.05) is 0 Å². The highest BCUT2D eigenvalue weighted by atomic mass is 32.2. The van der Waals surface area contributed by atoms with Crippen LogP contribution in [0.4, 0.5) is 5.69 Å². The van der Waals surface area contributed by atoms with E-state index in [0.717, 1.165) is 15.6 Å². The van der Waals surface area contributed by atoms with Gasteiger partial charge in [0.15, 0.2) is 15.7 Å². The Hall–Kier alpha value is -1.58. The first-order valence-electron chi connectivity index (χ1n) is 6.18. The minimum Gasteiger partial charge on any atom is -0.504 e. The fraction of sp³-hybridized carbons (Fsp3) is 0.417. The van der Waals surface area contributed by atoms with Gasteiger partial charge < -0.3 is 15.2 Å². The molecule has 0 spiro atoms. The maximum atomic E-state index is 12.0. The second kappa shape index (κ2) is 5.66. The smallest absolute Gasteiger partial charge is 0.255 e. The van der Waals surface area contributed by atoms with Crippen molar-refractivity contribution in [1.29, 1.82) is 0 Å². The fourth-order valence-corrected chi connectivity index (χ4v) is 4.10. The predicted octanol–water partition coefficient (Wildman–Crippen LogP) is 1.34. The van der Waals surface area contributed by atoms with Crippen molar-refractivity contribution in [3.05, 3.63) is 16.8 Å². The van der Waals surface area contributed by atoms with Crippen LogP contribution < -0.4 is 5.32 Å². The standard InChI is InChI=1S/C12H16N2O5S2/c1-4-19-9-5-8(15)10(9)13-7-6-20-12(11(7)16)21(17,18)14(2)3/h6,13,16H,4-5H2,1-3H3. The maximum absolute atomic E-state index is 12.0. The van der Waals surface area contributed by atoms with E-state index in [9.17, 15) is 18.3 Å².